The molecule has 2 fully saturated rings. The molecule has 0 aromatic heterocycles. The summed E-state index contributed by atoms with van der Waals surface area (Å²) in [5.41, 5.74) is 1.89. The Bertz CT molecular complexity index is 935. The zero-order valence-electron chi connectivity index (χ0n) is 20.6. The van der Waals surface area contributed by atoms with Crippen molar-refractivity contribution in [3.8, 4) is 11.5 Å². The van der Waals surface area contributed by atoms with Crippen LogP contribution in [0.3, 0.4) is 0 Å². The lowest BCUT2D eigenvalue weighted by Gasteiger charge is -2.43. The Morgan fingerprint density at radius 2 is 1.56 bits per heavy atom. The van der Waals surface area contributed by atoms with E-state index < -0.39 is 0 Å². The molecule has 0 bridgehead atoms. The molecule has 7 heteroatoms. The minimum Gasteiger partial charge on any atom is -0.495 e. The second kappa shape index (κ2) is 11.5. The molecule has 34 heavy (non-hydrogen) atoms. The molecule has 1 heterocycles. The van der Waals surface area contributed by atoms with Gasteiger partial charge in [0.2, 0.25) is 0 Å². The van der Waals surface area contributed by atoms with Gasteiger partial charge in [0, 0.05) is 38.3 Å². The van der Waals surface area contributed by atoms with E-state index in [1.807, 2.05) is 30.3 Å². The van der Waals surface area contributed by atoms with Gasteiger partial charge in [-0.15, -0.1) is 0 Å². The summed E-state index contributed by atoms with van der Waals surface area (Å²) in [5, 5.41) is 6.06. The van der Waals surface area contributed by atoms with Crippen LogP contribution < -0.4 is 25.0 Å². The van der Waals surface area contributed by atoms with Crippen molar-refractivity contribution in [3.63, 3.8) is 0 Å². The predicted octanol–water partition coefficient (Wildman–Crippen LogP) is 4.74. The summed E-state index contributed by atoms with van der Waals surface area (Å²) in [6.45, 7) is 8.29. The molecule has 0 radical (unpaired) electrons. The van der Waals surface area contributed by atoms with E-state index >= 15 is 0 Å². The summed E-state index contributed by atoms with van der Waals surface area (Å²) in [5.74, 6) is 1.64. The van der Waals surface area contributed by atoms with E-state index in [4.69, 9.17) is 9.47 Å². The lowest BCUT2D eigenvalue weighted by atomic mass is 9.90. The summed E-state index contributed by atoms with van der Waals surface area (Å²) in [6.07, 6.45) is 4.42. The largest absolute Gasteiger partial charge is 0.495 e. The number of nitrogens with one attached hydrogen (secondary N) is 2. The van der Waals surface area contributed by atoms with Crippen LogP contribution >= 0.6 is 0 Å². The first kappa shape index (κ1) is 24.2. The highest BCUT2D eigenvalue weighted by atomic mass is 16.5. The van der Waals surface area contributed by atoms with Crippen molar-refractivity contribution in [3.05, 3.63) is 48.5 Å². The molecule has 1 saturated heterocycles. The van der Waals surface area contributed by atoms with Crippen LogP contribution in [0.25, 0.3) is 0 Å². The zero-order chi connectivity index (χ0) is 23.9. The topological polar surface area (TPSA) is 66.1 Å². The van der Waals surface area contributed by atoms with Crippen LogP contribution in [0.1, 0.15) is 39.5 Å². The first-order valence-electron chi connectivity index (χ1n) is 12.5. The normalized spacial score (nSPS) is 21.2. The standard InChI is InChI=1S/C27H38N4O3/c1-20(2)34-26-11-7-5-9-24(26)31-18-16-30(17-19-31)22-14-12-21(13-15-22)28-27(32)29-23-8-4-6-10-25(23)33-3/h4-11,20-22H,12-19H2,1-3H3,(H2,28,29,32)/t21-,22+. The molecule has 0 unspecified atom stereocenters. The van der Waals surface area contributed by atoms with Crippen molar-refractivity contribution in [2.75, 3.05) is 43.5 Å². The maximum absolute atomic E-state index is 12.5. The van der Waals surface area contributed by atoms with Gasteiger partial charge < -0.3 is 25.0 Å². The van der Waals surface area contributed by atoms with Gasteiger partial charge in [0.1, 0.15) is 11.5 Å². The van der Waals surface area contributed by atoms with Crippen LogP contribution in [0.5, 0.6) is 11.5 Å². The molecule has 2 aromatic carbocycles. The summed E-state index contributed by atoms with van der Waals surface area (Å²) in [4.78, 5) is 17.6. The van der Waals surface area contributed by atoms with Crippen LogP contribution in [0.2, 0.25) is 0 Å². The van der Waals surface area contributed by atoms with Gasteiger partial charge in [-0.05, 0) is 63.8 Å². The molecular formula is C27H38N4O3. The van der Waals surface area contributed by atoms with Gasteiger partial charge in [-0.3, -0.25) is 4.90 Å². The number of ether oxygens (including phenoxy) is 2. The molecule has 7 nitrogen and oxygen atoms in total. The number of piperazine rings is 1. The molecule has 1 saturated carbocycles. The number of hydrogen-bond donors (Lipinski definition) is 2. The Kier molecular flexibility index (Phi) is 8.16. The van der Waals surface area contributed by atoms with Crippen LogP contribution in [0.4, 0.5) is 16.2 Å². The number of urea groups is 1. The van der Waals surface area contributed by atoms with E-state index in [2.05, 4.69) is 52.5 Å². The number of carbonyl (C=O) groups is 1. The number of anilines is 2. The molecular weight excluding hydrogens is 428 g/mol. The highest BCUT2D eigenvalue weighted by Crippen LogP contribution is 2.31. The van der Waals surface area contributed by atoms with E-state index in [-0.39, 0.29) is 18.2 Å². The first-order valence-corrected chi connectivity index (χ1v) is 12.5. The molecule has 2 aromatic rings. The van der Waals surface area contributed by atoms with Crippen LogP contribution in [-0.2, 0) is 0 Å². The molecule has 2 N–H and O–H groups in total. The van der Waals surface area contributed by atoms with Gasteiger partial charge in [0.15, 0.2) is 0 Å². The Hall–Kier alpha value is -2.93. The fourth-order valence-electron chi connectivity index (χ4n) is 5.08. The molecule has 2 aliphatic rings. The SMILES string of the molecule is COc1ccccc1NC(=O)N[C@H]1CC[C@@H](N2CCN(c3ccccc3OC(C)C)CC2)CC1. The number of hydrogen-bond acceptors (Lipinski definition) is 5. The zero-order valence-corrected chi connectivity index (χ0v) is 20.6. The molecule has 1 aliphatic heterocycles. The number of benzene rings is 2. The van der Waals surface area contributed by atoms with Crippen molar-refractivity contribution < 1.29 is 14.3 Å². The molecule has 184 valence electrons. The molecule has 4 rings (SSSR count). The fraction of sp³-hybridized carbons (Fsp3) is 0.519. The van der Waals surface area contributed by atoms with Gasteiger partial charge >= 0.3 is 6.03 Å². The van der Waals surface area contributed by atoms with Crippen molar-refractivity contribution >= 4 is 17.4 Å². The Labute approximate surface area is 203 Å². The van der Waals surface area contributed by atoms with Gasteiger partial charge in [-0.2, -0.15) is 0 Å². The van der Waals surface area contributed by atoms with Crippen molar-refractivity contribution in [2.24, 2.45) is 0 Å². The Morgan fingerprint density at radius 1 is 0.912 bits per heavy atom. The van der Waals surface area contributed by atoms with Crippen molar-refractivity contribution in [2.45, 2.75) is 57.7 Å². The monoisotopic (exact) mass is 466 g/mol. The summed E-state index contributed by atoms with van der Waals surface area (Å²) in [6, 6.07) is 16.5. The average molecular weight is 467 g/mol. The van der Waals surface area contributed by atoms with E-state index in [0.29, 0.717) is 17.5 Å². The van der Waals surface area contributed by atoms with Gasteiger partial charge in [-0.25, -0.2) is 4.79 Å². The predicted molar refractivity (Wildman–Crippen MR) is 137 cm³/mol. The van der Waals surface area contributed by atoms with E-state index in [9.17, 15) is 4.79 Å². The van der Waals surface area contributed by atoms with Crippen LogP contribution in [0.15, 0.2) is 48.5 Å². The maximum atomic E-state index is 12.5. The lowest BCUT2D eigenvalue weighted by Crippen LogP contribution is -2.52. The smallest absolute Gasteiger partial charge is 0.319 e. The third kappa shape index (κ3) is 6.14. The van der Waals surface area contributed by atoms with Crippen molar-refractivity contribution in [1.29, 1.82) is 0 Å². The Balaban J connectivity index is 1.22. The van der Waals surface area contributed by atoms with E-state index in [0.717, 1.165) is 57.6 Å². The fourth-order valence-corrected chi connectivity index (χ4v) is 5.08. The van der Waals surface area contributed by atoms with Gasteiger partial charge in [-0.1, -0.05) is 24.3 Å². The average Bonchev–Trinajstić information content (AvgIpc) is 2.85. The molecule has 0 spiro atoms. The summed E-state index contributed by atoms with van der Waals surface area (Å²) < 4.78 is 11.4. The number of rotatable bonds is 7. The second-order valence-corrected chi connectivity index (χ2v) is 9.46. The quantitative estimate of drug-likeness (QED) is 0.617. The number of amides is 2. The molecule has 0 atom stereocenters. The van der Waals surface area contributed by atoms with Crippen LogP contribution in [-0.4, -0.2) is 62.4 Å². The van der Waals surface area contributed by atoms with Crippen molar-refractivity contribution in [1.82, 2.24) is 10.2 Å². The molecule has 2 amide bonds. The van der Waals surface area contributed by atoms with Gasteiger partial charge in [0.25, 0.3) is 0 Å². The third-order valence-electron chi connectivity index (χ3n) is 6.79. The minimum absolute atomic E-state index is 0.163. The number of para-hydroxylation sites is 4. The number of methoxy groups -OCH3 is 1. The van der Waals surface area contributed by atoms with Gasteiger partial charge in [0.05, 0.1) is 24.6 Å². The third-order valence-corrected chi connectivity index (χ3v) is 6.79. The Morgan fingerprint density at radius 3 is 2.24 bits per heavy atom. The molecule has 1 aliphatic carbocycles. The first-order chi connectivity index (χ1) is 16.5. The highest BCUT2D eigenvalue weighted by molar-refractivity contribution is 5.91. The van der Waals surface area contributed by atoms with E-state index in [1.54, 1.807) is 7.11 Å². The highest BCUT2D eigenvalue weighted by Gasteiger charge is 2.29. The minimum atomic E-state index is -0.163. The van der Waals surface area contributed by atoms with E-state index in [1.165, 1.54) is 5.69 Å². The number of nitrogens with zero attached hydrogens (tertiary/aromatic N) is 2. The van der Waals surface area contributed by atoms with Crippen LogP contribution in [0, 0.1) is 0 Å². The lowest BCUT2D eigenvalue weighted by molar-refractivity contribution is 0.137. The summed E-state index contributed by atoms with van der Waals surface area (Å²) in [7, 11) is 1.61. The number of carbonyl (C=O) groups excluding carboxylic acids is 1. The second-order valence-electron chi connectivity index (χ2n) is 9.46. The summed E-state index contributed by atoms with van der Waals surface area (Å²) >= 11 is 0. The maximum Gasteiger partial charge on any atom is 0.319 e.